The number of nitrogens with zero attached hydrogens (tertiary/aromatic N) is 3. The summed E-state index contributed by atoms with van der Waals surface area (Å²) in [7, 11) is 1.57. The normalized spacial score (nSPS) is 10.8. The van der Waals surface area contributed by atoms with E-state index in [4.69, 9.17) is 9.57 Å². The highest BCUT2D eigenvalue weighted by molar-refractivity contribution is 5.96. The van der Waals surface area contributed by atoms with Crippen LogP contribution in [0, 0.1) is 0 Å². The summed E-state index contributed by atoms with van der Waals surface area (Å²) in [5.74, 6) is -0.316. The molecule has 0 fully saturated rings. The topological polar surface area (TPSA) is 78.3 Å². The second-order valence-electron chi connectivity index (χ2n) is 3.88. The van der Waals surface area contributed by atoms with E-state index in [1.807, 2.05) is 13.0 Å². The molecule has 0 bridgehead atoms. The molecule has 1 heterocycles. The van der Waals surface area contributed by atoms with Crippen molar-refractivity contribution in [2.24, 2.45) is 0 Å². The number of ether oxygens (including phenoxy) is 1. The summed E-state index contributed by atoms with van der Waals surface area (Å²) >= 11 is 0. The van der Waals surface area contributed by atoms with E-state index in [9.17, 15) is 4.79 Å². The Bertz CT molecular complexity index is 567. The van der Waals surface area contributed by atoms with Crippen LogP contribution in [0.3, 0.4) is 0 Å². The average Bonchev–Trinajstić information content (AvgIpc) is 2.85. The average molecular weight is 264 g/mol. The van der Waals surface area contributed by atoms with Gasteiger partial charge in [0, 0.05) is 19.2 Å². The predicted molar refractivity (Wildman–Crippen MR) is 68.5 cm³/mol. The van der Waals surface area contributed by atoms with Gasteiger partial charge in [-0.25, -0.2) is 10.2 Å². The molecular weight excluding hydrogens is 248 g/mol. The zero-order valence-electron chi connectivity index (χ0n) is 10.9. The highest BCUT2D eigenvalue weighted by atomic mass is 16.7. The Balaban J connectivity index is 2.06. The van der Waals surface area contributed by atoms with Gasteiger partial charge in [0.05, 0.1) is 18.7 Å². The van der Waals surface area contributed by atoms with Crippen molar-refractivity contribution in [2.45, 2.75) is 13.5 Å². The van der Waals surface area contributed by atoms with Crippen molar-refractivity contribution >= 4 is 16.9 Å². The van der Waals surface area contributed by atoms with Crippen LogP contribution in [-0.2, 0) is 16.1 Å². The number of amides is 1. The van der Waals surface area contributed by atoms with Crippen molar-refractivity contribution in [3.63, 3.8) is 0 Å². The maximum Gasteiger partial charge on any atom is 0.274 e. The minimum atomic E-state index is -0.316. The molecule has 1 amide bonds. The SMILES string of the molecule is CCn1nnc2cc(C(=O)NOCCOC)ccc21. The zero-order valence-corrected chi connectivity index (χ0v) is 10.9. The molecule has 19 heavy (non-hydrogen) atoms. The molecular formula is C12H16N4O3. The number of carbonyl (C=O) groups is 1. The van der Waals surface area contributed by atoms with E-state index < -0.39 is 0 Å². The van der Waals surface area contributed by atoms with Gasteiger partial charge in [0.2, 0.25) is 0 Å². The van der Waals surface area contributed by atoms with Crippen LogP contribution in [0.5, 0.6) is 0 Å². The molecule has 7 nitrogen and oxygen atoms in total. The number of methoxy groups -OCH3 is 1. The molecule has 2 aromatic rings. The second kappa shape index (κ2) is 6.26. The Kier molecular flexibility index (Phi) is 4.43. The number of hydrogen-bond acceptors (Lipinski definition) is 5. The molecule has 1 aromatic heterocycles. The summed E-state index contributed by atoms with van der Waals surface area (Å²) in [6, 6.07) is 5.22. The molecule has 1 N–H and O–H groups in total. The van der Waals surface area contributed by atoms with Crippen LogP contribution in [0.25, 0.3) is 11.0 Å². The molecule has 2 rings (SSSR count). The maximum absolute atomic E-state index is 11.8. The summed E-state index contributed by atoms with van der Waals surface area (Å²) in [4.78, 5) is 16.8. The Morgan fingerprint density at radius 3 is 3.00 bits per heavy atom. The fourth-order valence-electron chi connectivity index (χ4n) is 1.65. The molecule has 0 saturated carbocycles. The summed E-state index contributed by atoms with van der Waals surface area (Å²) in [5, 5.41) is 8.00. The van der Waals surface area contributed by atoms with E-state index in [0.717, 1.165) is 12.1 Å². The van der Waals surface area contributed by atoms with E-state index in [1.165, 1.54) is 0 Å². The zero-order chi connectivity index (χ0) is 13.7. The lowest BCUT2D eigenvalue weighted by Crippen LogP contribution is -2.25. The first kappa shape index (κ1) is 13.4. The van der Waals surface area contributed by atoms with Gasteiger partial charge >= 0.3 is 0 Å². The van der Waals surface area contributed by atoms with Gasteiger partial charge in [-0.3, -0.25) is 9.63 Å². The molecule has 0 unspecified atom stereocenters. The molecule has 0 radical (unpaired) electrons. The van der Waals surface area contributed by atoms with Crippen LogP contribution in [0.1, 0.15) is 17.3 Å². The van der Waals surface area contributed by atoms with Gasteiger partial charge in [-0.05, 0) is 25.1 Å². The third kappa shape index (κ3) is 3.07. The number of aryl methyl sites for hydroxylation is 1. The fraction of sp³-hybridized carbons (Fsp3) is 0.417. The van der Waals surface area contributed by atoms with Gasteiger partial charge in [-0.15, -0.1) is 5.10 Å². The Morgan fingerprint density at radius 1 is 1.42 bits per heavy atom. The number of fused-ring (bicyclic) bond motifs is 1. The Morgan fingerprint density at radius 2 is 2.26 bits per heavy atom. The van der Waals surface area contributed by atoms with E-state index in [2.05, 4.69) is 15.8 Å². The molecule has 1 aromatic carbocycles. The molecule has 0 saturated heterocycles. The van der Waals surface area contributed by atoms with Crippen molar-refractivity contribution in [3.8, 4) is 0 Å². The van der Waals surface area contributed by atoms with Crippen molar-refractivity contribution in [2.75, 3.05) is 20.3 Å². The number of benzene rings is 1. The van der Waals surface area contributed by atoms with Crippen molar-refractivity contribution in [3.05, 3.63) is 23.8 Å². The van der Waals surface area contributed by atoms with Crippen LogP contribution in [-0.4, -0.2) is 41.2 Å². The first-order valence-corrected chi connectivity index (χ1v) is 6.00. The molecule has 0 aliphatic rings. The Labute approximate surface area is 110 Å². The minimum absolute atomic E-state index is 0.302. The molecule has 0 aliphatic heterocycles. The third-order valence-corrected chi connectivity index (χ3v) is 2.63. The lowest BCUT2D eigenvalue weighted by Gasteiger charge is -2.05. The van der Waals surface area contributed by atoms with Gasteiger partial charge in [0.1, 0.15) is 5.52 Å². The fourth-order valence-corrected chi connectivity index (χ4v) is 1.65. The van der Waals surface area contributed by atoms with Gasteiger partial charge in [0.25, 0.3) is 5.91 Å². The van der Waals surface area contributed by atoms with Crippen LogP contribution < -0.4 is 5.48 Å². The molecule has 0 aliphatic carbocycles. The van der Waals surface area contributed by atoms with Crippen molar-refractivity contribution < 1.29 is 14.4 Å². The van der Waals surface area contributed by atoms with E-state index in [0.29, 0.717) is 24.3 Å². The highest BCUT2D eigenvalue weighted by Crippen LogP contribution is 2.13. The van der Waals surface area contributed by atoms with Gasteiger partial charge in [-0.1, -0.05) is 5.21 Å². The number of hydroxylamine groups is 1. The van der Waals surface area contributed by atoms with Crippen LogP contribution >= 0.6 is 0 Å². The lowest BCUT2D eigenvalue weighted by atomic mass is 10.2. The van der Waals surface area contributed by atoms with E-state index >= 15 is 0 Å². The minimum Gasteiger partial charge on any atom is -0.382 e. The predicted octanol–water partition coefficient (Wildman–Crippen LogP) is 0.759. The largest absolute Gasteiger partial charge is 0.382 e. The highest BCUT2D eigenvalue weighted by Gasteiger charge is 2.09. The van der Waals surface area contributed by atoms with Gasteiger partial charge in [-0.2, -0.15) is 0 Å². The van der Waals surface area contributed by atoms with Gasteiger partial charge in [0.15, 0.2) is 0 Å². The standard InChI is InChI=1S/C12H16N4O3/c1-3-16-11-5-4-9(8-10(11)13-15-16)12(17)14-19-7-6-18-2/h4-5,8H,3,6-7H2,1-2H3,(H,14,17). The lowest BCUT2D eigenvalue weighted by molar-refractivity contribution is 0.00889. The number of aromatic nitrogens is 3. The van der Waals surface area contributed by atoms with E-state index in [-0.39, 0.29) is 5.91 Å². The number of nitrogens with one attached hydrogen (secondary N) is 1. The second-order valence-corrected chi connectivity index (χ2v) is 3.88. The first-order valence-electron chi connectivity index (χ1n) is 6.00. The third-order valence-electron chi connectivity index (χ3n) is 2.63. The molecule has 7 heteroatoms. The molecule has 102 valence electrons. The van der Waals surface area contributed by atoms with E-state index in [1.54, 1.807) is 23.9 Å². The first-order chi connectivity index (χ1) is 9.26. The smallest absolute Gasteiger partial charge is 0.274 e. The summed E-state index contributed by atoms with van der Waals surface area (Å²) in [6.45, 7) is 3.45. The number of carbonyl (C=O) groups excluding carboxylic acids is 1. The van der Waals surface area contributed by atoms with Crippen LogP contribution in [0.15, 0.2) is 18.2 Å². The Hall–Kier alpha value is -1.99. The monoisotopic (exact) mass is 264 g/mol. The van der Waals surface area contributed by atoms with Crippen LogP contribution in [0.4, 0.5) is 0 Å². The quantitative estimate of drug-likeness (QED) is 0.615. The number of hydrogen-bond donors (Lipinski definition) is 1. The summed E-state index contributed by atoms with van der Waals surface area (Å²) < 4.78 is 6.57. The van der Waals surface area contributed by atoms with Gasteiger partial charge < -0.3 is 4.74 Å². The van der Waals surface area contributed by atoms with Crippen molar-refractivity contribution in [1.82, 2.24) is 20.5 Å². The van der Waals surface area contributed by atoms with Crippen molar-refractivity contribution in [1.29, 1.82) is 0 Å². The molecule has 0 spiro atoms. The molecule has 0 atom stereocenters. The summed E-state index contributed by atoms with van der Waals surface area (Å²) in [5.41, 5.74) is 4.41. The number of rotatable bonds is 6. The summed E-state index contributed by atoms with van der Waals surface area (Å²) in [6.07, 6.45) is 0. The maximum atomic E-state index is 11.8. The van der Waals surface area contributed by atoms with Crippen LogP contribution in [0.2, 0.25) is 0 Å².